The normalized spacial score (nSPS) is 15.5. The molecule has 0 radical (unpaired) electrons. The van der Waals surface area contributed by atoms with Gasteiger partial charge in [0.05, 0.1) is 19.9 Å². The van der Waals surface area contributed by atoms with Crippen molar-refractivity contribution in [2.45, 2.75) is 0 Å². The van der Waals surface area contributed by atoms with Gasteiger partial charge in [-0.15, -0.1) is 0 Å². The first-order valence-electron chi connectivity index (χ1n) is 9.14. The van der Waals surface area contributed by atoms with Gasteiger partial charge in [0.2, 0.25) is 0 Å². The van der Waals surface area contributed by atoms with Crippen LogP contribution >= 0.6 is 12.2 Å². The summed E-state index contributed by atoms with van der Waals surface area (Å²) in [6.07, 6.45) is 1.58. The summed E-state index contributed by atoms with van der Waals surface area (Å²) in [6, 6.07) is 18.2. The third-order valence-electron chi connectivity index (χ3n) is 4.85. The van der Waals surface area contributed by atoms with E-state index in [9.17, 15) is 9.59 Å². The molecule has 30 heavy (non-hydrogen) atoms. The summed E-state index contributed by atoms with van der Waals surface area (Å²) in [7, 11) is 3.14. The smallest absolute Gasteiger partial charge is 0.270 e. The van der Waals surface area contributed by atoms with Gasteiger partial charge in [-0.1, -0.05) is 36.4 Å². The molecule has 3 aromatic carbocycles. The predicted molar refractivity (Wildman–Crippen MR) is 120 cm³/mol. The van der Waals surface area contributed by atoms with E-state index in [0.29, 0.717) is 17.2 Å². The lowest BCUT2D eigenvalue weighted by atomic mass is 10.00. The molecule has 1 fully saturated rings. The Labute approximate surface area is 178 Å². The predicted octanol–water partition coefficient (Wildman–Crippen LogP) is 3.69. The van der Waals surface area contributed by atoms with Crippen LogP contribution in [0.25, 0.3) is 16.8 Å². The molecule has 0 saturated carbocycles. The molecule has 0 bridgehead atoms. The average Bonchev–Trinajstić information content (AvgIpc) is 2.76. The van der Waals surface area contributed by atoms with Crippen molar-refractivity contribution in [3.63, 3.8) is 0 Å². The van der Waals surface area contributed by atoms with E-state index in [1.54, 1.807) is 37.5 Å². The van der Waals surface area contributed by atoms with Crippen LogP contribution in [0.5, 0.6) is 11.5 Å². The Morgan fingerprint density at radius 2 is 1.70 bits per heavy atom. The van der Waals surface area contributed by atoms with Gasteiger partial charge in [0, 0.05) is 11.5 Å². The van der Waals surface area contributed by atoms with Crippen molar-refractivity contribution in [2.75, 3.05) is 19.1 Å². The van der Waals surface area contributed by atoms with Crippen LogP contribution in [0.1, 0.15) is 5.56 Å². The van der Waals surface area contributed by atoms with Crippen LogP contribution in [0.15, 0.2) is 66.2 Å². The summed E-state index contributed by atoms with van der Waals surface area (Å²) < 4.78 is 10.7. The minimum atomic E-state index is -0.538. The average molecular weight is 418 g/mol. The van der Waals surface area contributed by atoms with E-state index in [1.165, 1.54) is 12.0 Å². The number of anilines is 1. The SMILES string of the molecule is COc1cccc(N2C(=O)/C(=C/c3ccc(OC)c4ccccc34)C(=O)NC2=S)c1. The third-order valence-corrected chi connectivity index (χ3v) is 5.14. The van der Waals surface area contributed by atoms with Crippen molar-refractivity contribution in [3.05, 3.63) is 71.8 Å². The molecule has 1 N–H and O–H groups in total. The molecule has 2 amide bonds. The van der Waals surface area contributed by atoms with Gasteiger partial charge >= 0.3 is 0 Å². The molecule has 1 aliphatic rings. The fraction of sp³-hybridized carbons (Fsp3) is 0.0870. The minimum Gasteiger partial charge on any atom is -0.497 e. The second-order valence-corrected chi connectivity index (χ2v) is 6.95. The summed E-state index contributed by atoms with van der Waals surface area (Å²) in [5.41, 5.74) is 1.22. The molecule has 0 atom stereocenters. The lowest BCUT2D eigenvalue weighted by Gasteiger charge is -2.29. The van der Waals surface area contributed by atoms with E-state index < -0.39 is 11.8 Å². The molecule has 1 saturated heterocycles. The van der Waals surface area contributed by atoms with Gasteiger partial charge in [0.15, 0.2) is 5.11 Å². The molecule has 0 unspecified atom stereocenters. The van der Waals surface area contributed by atoms with Crippen molar-refractivity contribution in [2.24, 2.45) is 0 Å². The highest BCUT2D eigenvalue weighted by molar-refractivity contribution is 7.80. The summed E-state index contributed by atoms with van der Waals surface area (Å²) in [5.74, 6) is 0.249. The van der Waals surface area contributed by atoms with Crippen molar-refractivity contribution >= 4 is 51.7 Å². The van der Waals surface area contributed by atoms with Gasteiger partial charge < -0.3 is 9.47 Å². The van der Waals surface area contributed by atoms with Crippen LogP contribution in [-0.2, 0) is 9.59 Å². The Bertz CT molecular complexity index is 1220. The van der Waals surface area contributed by atoms with Crippen LogP contribution in [-0.4, -0.2) is 31.1 Å². The molecular weight excluding hydrogens is 400 g/mol. The van der Waals surface area contributed by atoms with Crippen LogP contribution in [0.4, 0.5) is 5.69 Å². The van der Waals surface area contributed by atoms with Gasteiger partial charge in [-0.3, -0.25) is 19.8 Å². The number of hydrogen-bond acceptors (Lipinski definition) is 5. The molecule has 1 aliphatic heterocycles. The van der Waals surface area contributed by atoms with Gasteiger partial charge in [0.1, 0.15) is 17.1 Å². The molecule has 3 aromatic rings. The molecule has 0 aromatic heterocycles. The summed E-state index contributed by atoms with van der Waals surface area (Å²) in [5, 5.41) is 4.38. The molecule has 0 spiro atoms. The Kier molecular flexibility index (Phi) is 5.20. The maximum Gasteiger partial charge on any atom is 0.270 e. The summed E-state index contributed by atoms with van der Waals surface area (Å²) in [4.78, 5) is 27.2. The van der Waals surface area contributed by atoms with E-state index in [2.05, 4.69) is 5.32 Å². The molecule has 4 rings (SSSR count). The van der Waals surface area contributed by atoms with Gasteiger partial charge in [0.25, 0.3) is 11.8 Å². The number of fused-ring (bicyclic) bond motifs is 1. The number of nitrogens with zero attached hydrogens (tertiary/aromatic N) is 1. The monoisotopic (exact) mass is 418 g/mol. The van der Waals surface area contributed by atoms with Gasteiger partial charge in [-0.05, 0) is 47.4 Å². The number of thiocarbonyl (C=S) groups is 1. The van der Waals surface area contributed by atoms with E-state index in [0.717, 1.165) is 16.3 Å². The fourth-order valence-electron chi connectivity index (χ4n) is 3.40. The number of benzene rings is 3. The van der Waals surface area contributed by atoms with Crippen LogP contribution in [0.3, 0.4) is 0 Å². The Balaban J connectivity index is 1.81. The maximum absolute atomic E-state index is 13.3. The molecule has 0 aliphatic carbocycles. The lowest BCUT2D eigenvalue weighted by Crippen LogP contribution is -2.54. The second-order valence-electron chi connectivity index (χ2n) is 6.56. The van der Waals surface area contributed by atoms with E-state index in [-0.39, 0.29) is 10.7 Å². The molecule has 1 heterocycles. The first kappa shape index (κ1) is 19.6. The van der Waals surface area contributed by atoms with Crippen LogP contribution < -0.4 is 19.7 Å². The fourth-order valence-corrected chi connectivity index (χ4v) is 3.68. The number of rotatable bonds is 4. The summed E-state index contributed by atoms with van der Waals surface area (Å²) >= 11 is 5.26. The standard InChI is InChI=1S/C23H18N2O4S/c1-28-16-7-5-6-15(13-16)25-22(27)19(21(26)24-23(25)30)12-14-10-11-20(29-2)18-9-4-3-8-17(14)18/h3-13H,1-2H3,(H,24,26,30)/b19-12+. The quantitative estimate of drug-likeness (QED) is 0.398. The van der Waals surface area contributed by atoms with Crippen molar-refractivity contribution in [1.29, 1.82) is 0 Å². The zero-order valence-corrected chi connectivity index (χ0v) is 17.2. The van der Waals surface area contributed by atoms with Crippen molar-refractivity contribution in [3.8, 4) is 11.5 Å². The Morgan fingerprint density at radius 1 is 0.933 bits per heavy atom. The molecule has 7 heteroatoms. The summed E-state index contributed by atoms with van der Waals surface area (Å²) in [6.45, 7) is 0. The molecular formula is C23H18N2O4S. The van der Waals surface area contributed by atoms with Crippen molar-refractivity contribution in [1.82, 2.24) is 5.32 Å². The van der Waals surface area contributed by atoms with E-state index in [1.807, 2.05) is 36.4 Å². The maximum atomic E-state index is 13.3. The Morgan fingerprint density at radius 3 is 2.43 bits per heavy atom. The lowest BCUT2D eigenvalue weighted by molar-refractivity contribution is -0.122. The number of hydrogen-bond donors (Lipinski definition) is 1. The first-order valence-corrected chi connectivity index (χ1v) is 9.55. The number of methoxy groups -OCH3 is 2. The van der Waals surface area contributed by atoms with Crippen LogP contribution in [0.2, 0.25) is 0 Å². The zero-order chi connectivity index (χ0) is 21.3. The largest absolute Gasteiger partial charge is 0.497 e. The van der Waals surface area contributed by atoms with E-state index in [4.69, 9.17) is 21.7 Å². The highest BCUT2D eigenvalue weighted by atomic mass is 32.1. The number of nitrogens with one attached hydrogen (secondary N) is 1. The number of carbonyl (C=O) groups is 2. The molecule has 150 valence electrons. The zero-order valence-electron chi connectivity index (χ0n) is 16.3. The number of ether oxygens (including phenoxy) is 2. The minimum absolute atomic E-state index is 0.0123. The highest BCUT2D eigenvalue weighted by Crippen LogP contribution is 2.31. The Hall–Kier alpha value is -3.71. The number of amides is 2. The van der Waals surface area contributed by atoms with Crippen LogP contribution in [0, 0.1) is 0 Å². The third kappa shape index (κ3) is 3.40. The van der Waals surface area contributed by atoms with E-state index >= 15 is 0 Å². The highest BCUT2D eigenvalue weighted by Gasteiger charge is 2.34. The topological polar surface area (TPSA) is 67.9 Å². The number of carbonyl (C=O) groups excluding carboxylic acids is 2. The van der Waals surface area contributed by atoms with Gasteiger partial charge in [-0.25, -0.2) is 0 Å². The second kappa shape index (κ2) is 7.96. The van der Waals surface area contributed by atoms with Gasteiger partial charge in [-0.2, -0.15) is 0 Å². The molecule has 6 nitrogen and oxygen atoms in total. The van der Waals surface area contributed by atoms with Crippen molar-refractivity contribution < 1.29 is 19.1 Å². The first-order chi connectivity index (χ1) is 14.5.